The van der Waals surface area contributed by atoms with E-state index in [0.29, 0.717) is 51.0 Å². The van der Waals surface area contributed by atoms with Crippen molar-refractivity contribution in [1.82, 2.24) is 19.5 Å². The molecule has 6 nitrogen and oxygen atoms in total. The Balaban J connectivity index is 1.33. The third-order valence-corrected chi connectivity index (χ3v) is 10.8. The predicted octanol–water partition coefficient (Wildman–Crippen LogP) is 12.9. The number of nitrogens with zero attached hydrogens (tertiary/aromatic N) is 6. The summed E-state index contributed by atoms with van der Waals surface area (Å²) in [5.74, 6) is 1.11. The second-order valence-corrected chi connectivity index (χ2v) is 14.4. The standard InChI is InChI=1S/C53H31FN6/c54-47-22-12-11-21-43(47)38-25-28-46(53-58-51(34-13-3-1-4-14-34)57-52(59-53)35-15-5-2-6-16-35)50(31-38)60-48-29-36(41-19-9-7-17-39(41)32-55)23-26-44(48)45-27-24-37(30-49(45)60)42-20-10-8-18-40(42)33-56/h1-31H. The van der Waals surface area contributed by atoms with Crippen molar-refractivity contribution in [2.75, 3.05) is 0 Å². The van der Waals surface area contributed by atoms with Crippen molar-refractivity contribution in [2.24, 2.45) is 0 Å². The average molecular weight is 771 g/mol. The van der Waals surface area contributed by atoms with Gasteiger partial charge in [-0.15, -0.1) is 0 Å². The largest absolute Gasteiger partial charge is 0.308 e. The van der Waals surface area contributed by atoms with Gasteiger partial charge in [0.25, 0.3) is 0 Å². The van der Waals surface area contributed by atoms with Gasteiger partial charge in [-0.05, 0) is 70.3 Å². The summed E-state index contributed by atoms with van der Waals surface area (Å²) < 4.78 is 17.9. The minimum absolute atomic E-state index is 0.345. The molecular weight excluding hydrogens is 740 g/mol. The van der Waals surface area contributed by atoms with Gasteiger partial charge in [-0.25, -0.2) is 19.3 Å². The maximum atomic E-state index is 15.7. The van der Waals surface area contributed by atoms with E-state index in [1.807, 2.05) is 146 Å². The van der Waals surface area contributed by atoms with Gasteiger partial charge in [-0.3, -0.25) is 0 Å². The van der Waals surface area contributed by atoms with Crippen LogP contribution in [0.2, 0.25) is 0 Å². The summed E-state index contributed by atoms with van der Waals surface area (Å²) in [7, 11) is 0. The molecule has 0 saturated heterocycles. The van der Waals surface area contributed by atoms with Crippen molar-refractivity contribution < 1.29 is 4.39 Å². The Morgan fingerprint density at radius 2 is 0.817 bits per heavy atom. The third kappa shape index (κ3) is 6.34. The van der Waals surface area contributed by atoms with E-state index in [0.717, 1.165) is 55.2 Å². The molecule has 2 heterocycles. The lowest BCUT2D eigenvalue weighted by atomic mass is 9.98. The smallest absolute Gasteiger partial charge is 0.166 e. The Kier molecular flexibility index (Phi) is 9.02. The van der Waals surface area contributed by atoms with Gasteiger partial charge in [-0.2, -0.15) is 10.5 Å². The van der Waals surface area contributed by atoms with E-state index in [4.69, 9.17) is 15.0 Å². The molecule has 0 atom stereocenters. The Bertz CT molecular complexity index is 3190. The highest BCUT2D eigenvalue weighted by Crippen LogP contribution is 2.41. The van der Waals surface area contributed by atoms with Gasteiger partial charge in [0.1, 0.15) is 5.82 Å². The zero-order chi connectivity index (χ0) is 40.6. The summed E-state index contributed by atoms with van der Waals surface area (Å²) in [6.07, 6.45) is 0. The molecule has 0 aliphatic heterocycles. The monoisotopic (exact) mass is 770 g/mol. The average Bonchev–Trinajstić information content (AvgIpc) is 3.64. The van der Waals surface area contributed by atoms with Gasteiger partial charge < -0.3 is 4.57 Å². The number of benzene rings is 8. The lowest BCUT2D eigenvalue weighted by Gasteiger charge is -2.17. The van der Waals surface area contributed by atoms with Gasteiger partial charge in [0.05, 0.1) is 40.0 Å². The highest BCUT2D eigenvalue weighted by atomic mass is 19.1. The van der Waals surface area contributed by atoms with E-state index >= 15 is 4.39 Å². The van der Waals surface area contributed by atoms with Crippen LogP contribution in [0.1, 0.15) is 11.1 Å². The summed E-state index contributed by atoms with van der Waals surface area (Å²) in [4.78, 5) is 15.2. The Morgan fingerprint density at radius 3 is 1.33 bits per heavy atom. The minimum Gasteiger partial charge on any atom is -0.308 e. The molecule has 2 aromatic heterocycles. The van der Waals surface area contributed by atoms with Crippen LogP contribution in [0.15, 0.2) is 188 Å². The van der Waals surface area contributed by atoms with E-state index in [1.165, 1.54) is 6.07 Å². The Labute approximate surface area is 345 Å². The highest BCUT2D eigenvalue weighted by molar-refractivity contribution is 6.12. The fraction of sp³-hybridized carbons (Fsp3) is 0. The Morgan fingerprint density at radius 1 is 0.383 bits per heavy atom. The fourth-order valence-electron chi connectivity index (χ4n) is 7.98. The van der Waals surface area contributed by atoms with Crippen LogP contribution in [0.5, 0.6) is 0 Å². The lowest BCUT2D eigenvalue weighted by molar-refractivity contribution is 0.631. The first-order chi connectivity index (χ1) is 29.6. The van der Waals surface area contributed by atoms with E-state index in [9.17, 15) is 10.5 Å². The molecule has 8 aromatic carbocycles. The maximum Gasteiger partial charge on any atom is 0.166 e. The van der Waals surface area contributed by atoms with E-state index in [-0.39, 0.29) is 5.82 Å². The van der Waals surface area contributed by atoms with Gasteiger partial charge in [0.2, 0.25) is 0 Å². The van der Waals surface area contributed by atoms with Crippen molar-refractivity contribution in [1.29, 1.82) is 10.5 Å². The molecule has 10 aromatic rings. The van der Waals surface area contributed by atoms with Crippen LogP contribution < -0.4 is 0 Å². The van der Waals surface area contributed by atoms with Crippen molar-refractivity contribution in [3.8, 4) is 85.4 Å². The first kappa shape index (κ1) is 35.9. The van der Waals surface area contributed by atoms with Crippen molar-refractivity contribution in [3.05, 3.63) is 205 Å². The van der Waals surface area contributed by atoms with Gasteiger partial charge >= 0.3 is 0 Å². The van der Waals surface area contributed by atoms with E-state index < -0.39 is 0 Å². The summed E-state index contributed by atoms with van der Waals surface area (Å²) in [5, 5.41) is 22.2. The maximum absolute atomic E-state index is 15.7. The topological polar surface area (TPSA) is 91.2 Å². The third-order valence-electron chi connectivity index (χ3n) is 10.8. The molecule has 0 saturated carbocycles. The molecule has 10 rings (SSSR count). The zero-order valence-electron chi connectivity index (χ0n) is 32.0. The molecule has 0 bridgehead atoms. The van der Waals surface area contributed by atoms with Crippen molar-refractivity contribution in [3.63, 3.8) is 0 Å². The molecule has 60 heavy (non-hydrogen) atoms. The molecule has 0 amide bonds. The second-order valence-electron chi connectivity index (χ2n) is 14.4. The van der Waals surface area contributed by atoms with Crippen LogP contribution in [-0.2, 0) is 0 Å². The summed E-state index contributed by atoms with van der Waals surface area (Å²) in [6, 6.07) is 64.6. The summed E-state index contributed by atoms with van der Waals surface area (Å²) in [6.45, 7) is 0. The SMILES string of the molecule is N#Cc1ccccc1-c1ccc2c3ccc(-c4ccccc4C#N)cc3n(-c3cc(-c4ccccc4F)ccc3-c3nc(-c4ccccc4)nc(-c4ccccc4)n3)c2c1. The Hall–Kier alpha value is -8.52. The van der Waals surface area contributed by atoms with Crippen molar-refractivity contribution >= 4 is 21.8 Å². The van der Waals surface area contributed by atoms with E-state index in [1.54, 1.807) is 12.1 Å². The first-order valence-electron chi connectivity index (χ1n) is 19.4. The van der Waals surface area contributed by atoms with Crippen LogP contribution in [0, 0.1) is 28.5 Å². The molecule has 0 spiro atoms. The number of aromatic nitrogens is 4. The summed E-state index contributed by atoms with van der Waals surface area (Å²) in [5.41, 5.74) is 10.3. The zero-order valence-corrected chi connectivity index (χ0v) is 32.0. The van der Waals surface area contributed by atoms with Gasteiger partial charge in [0.15, 0.2) is 17.5 Å². The van der Waals surface area contributed by atoms with Gasteiger partial charge in [-0.1, -0.05) is 146 Å². The predicted molar refractivity (Wildman–Crippen MR) is 236 cm³/mol. The molecule has 0 aliphatic carbocycles. The van der Waals surface area contributed by atoms with Crippen LogP contribution in [0.4, 0.5) is 4.39 Å². The number of halogens is 1. The number of nitriles is 2. The second kappa shape index (κ2) is 15.1. The number of hydrogen-bond donors (Lipinski definition) is 0. The van der Waals surface area contributed by atoms with Crippen LogP contribution in [0.3, 0.4) is 0 Å². The lowest BCUT2D eigenvalue weighted by Crippen LogP contribution is -2.04. The van der Waals surface area contributed by atoms with E-state index in [2.05, 4.69) is 41.0 Å². The van der Waals surface area contributed by atoms with Crippen LogP contribution in [0.25, 0.3) is 95.0 Å². The van der Waals surface area contributed by atoms with Crippen LogP contribution >= 0.6 is 0 Å². The first-order valence-corrected chi connectivity index (χ1v) is 19.4. The molecule has 0 unspecified atom stereocenters. The molecule has 0 N–H and O–H groups in total. The summed E-state index contributed by atoms with van der Waals surface area (Å²) >= 11 is 0. The highest BCUT2D eigenvalue weighted by Gasteiger charge is 2.22. The quantitative estimate of drug-likeness (QED) is 0.161. The van der Waals surface area contributed by atoms with Crippen molar-refractivity contribution in [2.45, 2.75) is 0 Å². The molecular formula is C53H31FN6. The minimum atomic E-state index is -0.345. The molecule has 0 fully saturated rings. The fourth-order valence-corrected chi connectivity index (χ4v) is 7.98. The molecule has 280 valence electrons. The number of fused-ring (bicyclic) bond motifs is 3. The molecule has 0 radical (unpaired) electrons. The van der Waals surface area contributed by atoms with Crippen LogP contribution in [-0.4, -0.2) is 19.5 Å². The number of hydrogen-bond acceptors (Lipinski definition) is 5. The normalized spacial score (nSPS) is 11.1. The number of rotatable bonds is 7. The molecule has 7 heteroatoms. The molecule has 0 aliphatic rings. The van der Waals surface area contributed by atoms with Gasteiger partial charge in [0, 0.05) is 33.0 Å².